The fraction of sp³-hybridized carbons (Fsp3) is 0.467. The summed E-state index contributed by atoms with van der Waals surface area (Å²) in [5.41, 5.74) is 8.54. The fourth-order valence-electron chi connectivity index (χ4n) is 2.29. The molecule has 1 heterocycles. The second kappa shape index (κ2) is 7.38. The van der Waals surface area contributed by atoms with E-state index in [0.29, 0.717) is 44.3 Å². The van der Waals surface area contributed by atoms with Gasteiger partial charge >= 0.3 is 0 Å². The van der Waals surface area contributed by atoms with E-state index in [1.54, 1.807) is 0 Å². The standard InChI is InChI=1S/C15H21N3O2S/c1-11-2-3-13(12(10-11)15(16)21)17-5-4-14(19)18-6-8-20-9-7-18/h2-3,10,17H,4-9H2,1H3,(H2,16,21). The molecule has 0 atom stereocenters. The molecule has 1 aromatic carbocycles. The van der Waals surface area contributed by atoms with Gasteiger partial charge in [0.25, 0.3) is 0 Å². The number of benzene rings is 1. The zero-order valence-corrected chi connectivity index (χ0v) is 13.0. The molecule has 6 heteroatoms. The maximum Gasteiger partial charge on any atom is 0.224 e. The number of ether oxygens (including phenoxy) is 1. The van der Waals surface area contributed by atoms with Crippen LogP contribution in [0.1, 0.15) is 17.5 Å². The van der Waals surface area contributed by atoms with Gasteiger partial charge in [0, 0.05) is 37.3 Å². The number of morpholine rings is 1. The molecule has 0 aromatic heterocycles. The second-order valence-electron chi connectivity index (χ2n) is 5.08. The summed E-state index contributed by atoms with van der Waals surface area (Å²) in [4.78, 5) is 14.2. The Labute approximate surface area is 130 Å². The van der Waals surface area contributed by atoms with Gasteiger partial charge in [-0.3, -0.25) is 4.79 Å². The molecule has 1 saturated heterocycles. The van der Waals surface area contributed by atoms with Crippen molar-refractivity contribution in [1.29, 1.82) is 0 Å². The molecule has 114 valence electrons. The molecule has 2 rings (SSSR count). The highest BCUT2D eigenvalue weighted by molar-refractivity contribution is 7.80. The number of hydrogen-bond acceptors (Lipinski definition) is 4. The third-order valence-corrected chi connectivity index (χ3v) is 3.68. The lowest BCUT2D eigenvalue weighted by molar-refractivity contribution is -0.134. The SMILES string of the molecule is Cc1ccc(NCCC(=O)N2CCOCC2)c(C(N)=S)c1. The van der Waals surface area contributed by atoms with Crippen molar-refractivity contribution in [2.75, 3.05) is 38.2 Å². The minimum atomic E-state index is 0.148. The number of nitrogens with one attached hydrogen (secondary N) is 1. The van der Waals surface area contributed by atoms with Crippen molar-refractivity contribution in [2.45, 2.75) is 13.3 Å². The molecular weight excluding hydrogens is 286 g/mol. The molecule has 1 aromatic rings. The van der Waals surface area contributed by atoms with Gasteiger partial charge in [0.1, 0.15) is 4.99 Å². The molecule has 5 nitrogen and oxygen atoms in total. The Morgan fingerprint density at radius 1 is 1.43 bits per heavy atom. The third kappa shape index (κ3) is 4.41. The molecule has 0 spiro atoms. The van der Waals surface area contributed by atoms with Crippen molar-refractivity contribution in [3.63, 3.8) is 0 Å². The van der Waals surface area contributed by atoms with Gasteiger partial charge in [0.15, 0.2) is 0 Å². The molecule has 0 aliphatic carbocycles. The monoisotopic (exact) mass is 307 g/mol. The van der Waals surface area contributed by atoms with E-state index in [9.17, 15) is 4.79 Å². The molecule has 1 aliphatic rings. The van der Waals surface area contributed by atoms with Crippen LogP contribution >= 0.6 is 12.2 Å². The van der Waals surface area contributed by atoms with Gasteiger partial charge in [0.05, 0.1) is 13.2 Å². The Morgan fingerprint density at radius 3 is 2.81 bits per heavy atom. The molecule has 0 radical (unpaired) electrons. The third-order valence-electron chi connectivity index (χ3n) is 3.46. The number of nitrogens with two attached hydrogens (primary N) is 1. The van der Waals surface area contributed by atoms with Crippen LogP contribution in [-0.2, 0) is 9.53 Å². The molecule has 1 amide bonds. The number of thiocarbonyl (C=S) groups is 1. The summed E-state index contributed by atoms with van der Waals surface area (Å²) >= 11 is 5.06. The van der Waals surface area contributed by atoms with Crippen molar-refractivity contribution in [3.05, 3.63) is 29.3 Å². The van der Waals surface area contributed by atoms with Gasteiger partial charge < -0.3 is 20.7 Å². The van der Waals surface area contributed by atoms with Crippen LogP contribution in [0.3, 0.4) is 0 Å². The number of hydrogen-bond donors (Lipinski definition) is 2. The number of nitrogens with zero attached hydrogens (tertiary/aromatic N) is 1. The smallest absolute Gasteiger partial charge is 0.224 e. The Bertz CT molecular complexity index is 528. The van der Waals surface area contributed by atoms with Gasteiger partial charge in [0.2, 0.25) is 5.91 Å². The van der Waals surface area contributed by atoms with E-state index >= 15 is 0 Å². The van der Waals surface area contributed by atoms with E-state index in [1.165, 1.54) is 0 Å². The zero-order valence-electron chi connectivity index (χ0n) is 12.2. The Hall–Kier alpha value is -1.66. The lowest BCUT2D eigenvalue weighted by Gasteiger charge is -2.27. The van der Waals surface area contributed by atoms with E-state index in [-0.39, 0.29) is 5.91 Å². The molecule has 3 N–H and O–H groups in total. The van der Waals surface area contributed by atoms with Crippen molar-refractivity contribution < 1.29 is 9.53 Å². The highest BCUT2D eigenvalue weighted by atomic mass is 32.1. The molecular formula is C15H21N3O2S. The first kappa shape index (κ1) is 15.7. The van der Waals surface area contributed by atoms with Crippen LogP contribution in [0.4, 0.5) is 5.69 Å². The largest absolute Gasteiger partial charge is 0.389 e. The van der Waals surface area contributed by atoms with Crippen LogP contribution in [0.25, 0.3) is 0 Å². The summed E-state index contributed by atoms with van der Waals surface area (Å²) in [6.07, 6.45) is 0.449. The first-order valence-corrected chi connectivity index (χ1v) is 7.48. The average Bonchev–Trinajstić information content (AvgIpc) is 2.49. The zero-order chi connectivity index (χ0) is 15.2. The van der Waals surface area contributed by atoms with Crippen molar-refractivity contribution in [1.82, 2.24) is 4.90 Å². The van der Waals surface area contributed by atoms with E-state index in [0.717, 1.165) is 16.8 Å². The summed E-state index contributed by atoms with van der Waals surface area (Å²) in [5.74, 6) is 0.148. The quantitative estimate of drug-likeness (QED) is 0.802. The molecule has 1 aliphatic heterocycles. The Balaban J connectivity index is 1.88. The van der Waals surface area contributed by atoms with E-state index in [2.05, 4.69) is 5.32 Å². The van der Waals surface area contributed by atoms with Crippen LogP contribution in [0.2, 0.25) is 0 Å². The molecule has 0 saturated carbocycles. The van der Waals surface area contributed by atoms with E-state index in [4.69, 9.17) is 22.7 Å². The van der Waals surface area contributed by atoms with E-state index < -0.39 is 0 Å². The van der Waals surface area contributed by atoms with Crippen LogP contribution < -0.4 is 11.1 Å². The minimum Gasteiger partial charge on any atom is -0.389 e. The first-order chi connectivity index (χ1) is 10.1. The molecule has 1 fully saturated rings. The molecule has 0 bridgehead atoms. The molecule has 0 unspecified atom stereocenters. The summed E-state index contributed by atoms with van der Waals surface area (Å²) in [6, 6.07) is 5.89. The van der Waals surface area contributed by atoms with Gasteiger partial charge in [-0.2, -0.15) is 0 Å². The van der Waals surface area contributed by atoms with E-state index in [1.807, 2.05) is 30.0 Å². The van der Waals surface area contributed by atoms with Crippen molar-refractivity contribution >= 4 is 28.8 Å². The maximum absolute atomic E-state index is 12.0. The van der Waals surface area contributed by atoms with Crippen LogP contribution in [0.5, 0.6) is 0 Å². The van der Waals surface area contributed by atoms with Gasteiger partial charge in [-0.1, -0.05) is 23.8 Å². The topological polar surface area (TPSA) is 67.6 Å². The highest BCUT2D eigenvalue weighted by Crippen LogP contribution is 2.17. The first-order valence-electron chi connectivity index (χ1n) is 7.08. The lowest BCUT2D eigenvalue weighted by Crippen LogP contribution is -2.41. The number of rotatable bonds is 5. The fourth-order valence-corrected chi connectivity index (χ4v) is 2.46. The second-order valence-corrected chi connectivity index (χ2v) is 5.52. The molecule has 21 heavy (non-hydrogen) atoms. The summed E-state index contributed by atoms with van der Waals surface area (Å²) in [5, 5.41) is 3.25. The summed E-state index contributed by atoms with van der Waals surface area (Å²) in [6.45, 7) is 5.18. The van der Waals surface area contributed by atoms with Gasteiger partial charge in [-0.25, -0.2) is 0 Å². The normalized spacial score (nSPS) is 14.8. The number of anilines is 1. The summed E-state index contributed by atoms with van der Waals surface area (Å²) in [7, 11) is 0. The number of carbonyl (C=O) groups is 1. The van der Waals surface area contributed by atoms with Crippen molar-refractivity contribution in [3.8, 4) is 0 Å². The van der Waals surface area contributed by atoms with Crippen LogP contribution in [-0.4, -0.2) is 48.6 Å². The lowest BCUT2D eigenvalue weighted by atomic mass is 10.1. The highest BCUT2D eigenvalue weighted by Gasteiger charge is 2.16. The Morgan fingerprint density at radius 2 is 2.14 bits per heavy atom. The van der Waals surface area contributed by atoms with Crippen LogP contribution in [0.15, 0.2) is 18.2 Å². The van der Waals surface area contributed by atoms with Gasteiger partial charge in [-0.15, -0.1) is 0 Å². The predicted molar refractivity (Wildman–Crippen MR) is 87.6 cm³/mol. The van der Waals surface area contributed by atoms with Gasteiger partial charge in [-0.05, 0) is 19.1 Å². The summed E-state index contributed by atoms with van der Waals surface area (Å²) < 4.78 is 5.24. The minimum absolute atomic E-state index is 0.148. The van der Waals surface area contributed by atoms with Crippen molar-refractivity contribution in [2.24, 2.45) is 5.73 Å². The number of aryl methyl sites for hydroxylation is 1. The Kier molecular flexibility index (Phi) is 5.52. The number of carbonyl (C=O) groups excluding carboxylic acids is 1. The number of amides is 1. The maximum atomic E-state index is 12.0. The predicted octanol–water partition coefficient (Wildman–Crippen LogP) is 1.29. The average molecular weight is 307 g/mol. The van der Waals surface area contributed by atoms with Crippen LogP contribution in [0, 0.1) is 6.92 Å².